The molecule has 1 aliphatic heterocycles. The van der Waals surface area contributed by atoms with Gasteiger partial charge in [-0.25, -0.2) is 14.6 Å². The fraction of sp³-hybridized carbons (Fsp3) is 0.212. The summed E-state index contributed by atoms with van der Waals surface area (Å²) in [5.74, 6) is 0.156. The Morgan fingerprint density at radius 3 is 2.23 bits per heavy atom. The van der Waals surface area contributed by atoms with E-state index in [9.17, 15) is 14.4 Å². The molecule has 1 atom stereocenters. The minimum atomic E-state index is -0.780. The summed E-state index contributed by atoms with van der Waals surface area (Å²) in [4.78, 5) is 44.5. The van der Waals surface area contributed by atoms with Gasteiger partial charge in [-0.2, -0.15) is 0 Å². The van der Waals surface area contributed by atoms with Crippen LogP contribution < -0.4 is 24.4 Å². The van der Waals surface area contributed by atoms with Gasteiger partial charge in [-0.3, -0.25) is 9.36 Å². The van der Waals surface area contributed by atoms with Crippen LogP contribution in [0, 0.1) is 0 Å². The maximum Gasteiger partial charge on any atom is 0.344 e. The monoisotopic (exact) mass is 598 g/mol. The molecule has 220 valence electrons. The van der Waals surface area contributed by atoms with Crippen molar-refractivity contribution in [1.82, 2.24) is 4.57 Å². The predicted octanol–water partition coefficient (Wildman–Crippen LogP) is 3.89. The van der Waals surface area contributed by atoms with Crippen LogP contribution in [0.3, 0.4) is 0 Å². The molecule has 0 spiro atoms. The van der Waals surface area contributed by atoms with E-state index in [1.54, 1.807) is 68.0 Å². The van der Waals surface area contributed by atoms with Crippen molar-refractivity contribution < 1.29 is 28.5 Å². The number of fused-ring (bicyclic) bond motifs is 1. The fourth-order valence-electron chi connectivity index (χ4n) is 4.70. The zero-order valence-electron chi connectivity index (χ0n) is 23.9. The molecule has 0 amide bonds. The quantitative estimate of drug-likeness (QED) is 0.255. The van der Waals surface area contributed by atoms with Crippen LogP contribution in [0.5, 0.6) is 11.5 Å². The Hall–Kier alpha value is -4.96. The van der Waals surface area contributed by atoms with E-state index in [4.69, 9.17) is 23.9 Å². The second-order valence-electron chi connectivity index (χ2n) is 9.37. The molecule has 0 unspecified atom stereocenters. The van der Waals surface area contributed by atoms with Crippen molar-refractivity contribution in [2.75, 3.05) is 26.9 Å². The van der Waals surface area contributed by atoms with Gasteiger partial charge in [0.05, 0.1) is 42.2 Å². The number of carbonyl (C=O) groups is 2. The molecule has 0 saturated carbocycles. The van der Waals surface area contributed by atoms with Crippen LogP contribution in [-0.4, -0.2) is 43.4 Å². The van der Waals surface area contributed by atoms with Gasteiger partial charge in [-0.1, -0.05) is 65.9 Å². The van der Waals surface area contributed by atoms with Crippen LogP contribution in [0.4, 0.5) is 0 Å². The Balaban J connectivity index is 1.63. The molecule has 9 nitrogen and oxygen atoms in total. The fourth-order valence-corrected chi connectivity index (χ4v) is 5.70. The number of methoxy groups -OCH3 is 1. The van der Waals surface area contributed by atoms with E-state index in [1.807, 2.05) is 42.5 Å². The molecule has 4 aromatic rings. The Kier molecular flexibility index (Phi) is 9.17. The number of carbonyl (C=O) groups excluding carboxylic acids is 2. The molecule has 3 aromatic carbocycles. The molecule has 43 heavy (non-hydrogen) atoms. The zero-order valence-corrected chi connectivity index (χ0v) is 24.8. The van der Waals surface area contributed by atoms with Crippen LogP contribution in [0.2, 0.25) is 0 Å². The zero-order chi connectivity index (χ0) is 30.3. The minimum Gasteiger partial charge on any atom is -0.497 e. The van der Waals surface area contributed by atoms with E-state index in [0.717, 1.165) is 11.1 Å². The topological polar surface area (TPSA) is 105 Å². The summed E-state index contributed by atoms with van der Waals surface area (Å²) >= 11 is 1.24. The molecule has 0 fully saturated rings. The lowest BCUT2D eigenvalue weighted by Crippen LogP contribution is -2.40. The molecule has 0 aliphatic carbocycles. The Bertz CT molecular complexity index is 1820. The summed E-state index contributed by atoms with van der Waals surface area (Å²) in [7, 11) is 1.58. The first-order valence-corrected chi connectivity index (χ1v) is 14.6. The van der Waals surface area contributed by atoms with E-state index in [-0.39, 0.29) is 31.0 Å². The summed E-state index contributed by atoms with van der Waals surface area (Å²) in [6.45, 7) is 3.74. The van der Waals surface area contributed by atoms with Crippen LogP contribution in [0.25, 0.3) is 11.8 Å². The van der Waals surface area contributed by atoms with E-state index in [0.29, 0.717) is 32.1 Å². The first-order valence-electron chi connectivity index (χ1n) is 13.7. The van der Waals surface area contributed by atoms with Gasteiger partial charge >= 0.3 is 11.9 Å². The summed E-state index contributed by atoms with van der Waals surface area (Å²) < 4.78 is 23.2. The van der Waals surface area contributed by atoms with Crippen molar-refractivity contribution in [2.45, 2.75) is 19.9 Å². The number of hydrogen-bond donors (Lipinski definition) is 0. The molecule has 1 aliphatic rings. The lowest BCUT2D eigenvalue weighted by atomic mass is 9.93. The molecule has 2 heterocycles. The number of aromatic nitrogens is 1. The van der Waals surface area contributed by atoms with Gasteiger partial charge in [0.15, 0.2) is 11.4 Å². The summed E-state index contributed by atoms with van der Waals surface area (Å²) in [5, 5.41) is 0. The number of rotatable bonds is 10. The highest BCUT2D eigenvalue weighted by atomic mass is 32.1. The van der Waals surface area contributed by atoms with E-state index in [1.165, 1.54) is 11.3 Å². The number of thiazole rings is 1. The molecule has 10 heteroatoms. The van der Waals surface area contributed by atoms with Gasteiger partial charge in [-0.15, -0.1) is 0 Å². The smallest absolute Gasteiger partial charge is 0.344 e. The third-order valence-electron chi connectivity index (χ3n) is 6.65. The van der Waals surface area contributed by atoms with Crippen LogP contribution >= 0.6 is 11.3 Å². The number of esters is 2. The van der Waals surface area contributed by atoms with Crippen molar-refractivity contribution in [2.24, 2.45) is 4.99 Å². The van der Waals surface area contributed by atoms with Crippen molar-refractivity contribution in [3.05, 3.63) is 121 Å². The Labute approximate surface area is 252 Å². The Morgan fingerprint density at radius 2 is 1.58 bits per heavy atom. The maximum atomic E-state index is 14.0. The number of ether oxygens (including phenoxy) is 4. The standard InChI is InChI=1S/C33H30N2O7S/c1-4-40-27(36)20-42-25-15-11-21(12-16-25)19-26-31(37)35-30(23-13-17-24(39-3)18-14-23)28(32(38)41-5-2)29(34-33(35)43-26)22-9-7-6-8-10-22/h6-19,30H,4-5,20H2,1-3H3/b26-19-/t30-/m1/s1. The summed E-state index contributed by atoms with van der Waals surface area (Å²) in [5.41, 5.74) is 2.64. The van der Waals surface area contributed by atoms with Crippen LogP contribution in [-0.2, 0) is 19.1 Å². The molecular formula is C33H30N2O7S. The molecule has 5 rings (SSSR count). The molecule has 0 saturated heterocycles. The van der Waals surface area contributed by atoms with Crippen molar-refractivity contribution >= 4 is 35.0 Å². The van der Waals surface area contributed by atoms with Gasteiger partial charge in [0.1, 0.15) is 11.5 Å². The Morgan fingerprint density at radius 1 is 0.907 bits per heavy atom. The molecule has 1 aromatic heterocycles. The first-order chi connectivity index (χ1) is 20.9. The number of benzene rings is 3. The third kappa shape index (κ3) is 6.44. The first kappa shape index (κ1) is 29.5. The van der Waals surface area contributed by atoms with Crippen molar-refractivity contribution in [3.63, 3.8) is 0 Å². The molecular weight excluding hydrogens is 568 g/mol. The largest absolute Gasteiger partial charge is 0.497 e. The maximum absolute atomic E-state index is 14.0. The average Bonchev–Trinajstić information content (AvgIpc) is 3.34. The number of nitrogens with zero attached hydrogens (tertiary/aromatic N) is 2. The van der Waals surface area contributed by atoms with Gasteiger partial charge in [0.2, 0.25) is 0 Å². The van der Waals surface area contributed by atoms with Gasteiger partial charge in [0, 0.05) is 5.56 Å². The number of hydrogen-bond acceptors (Lipinski definition) is 9. The summed E-state index contributed by atoms with van der Waals surface area (Å²) in [6.07, 6.45) is 1.76. The highest BCUT2D eigenvalue weighted by molar-refractivity contribution is 7.07. The average molecular weight is 599 g/mol. The molecule has 0 N–H and O–H groups in total. The van der Waals surface area contributed by atoms with E-state index < -0.39 is 18.0 Å². The predicted molar refractivity (Wildman–Crippen MR) is 163 cm³/mol. The van der Waals surface area contributed by atoms with Crippen LogP contribution in [0.1, 0.15) is 36.6 Å². The van der Waals surface area contributed by atoms with Gasteiger partial charge < -0.3 is 18.9 Å². The van der Waals surface area contributed by atoms with Gasteiger partial charge in [-0.05, 0) is 55.3 Å². The lowest BCUT2D eigenvalue weighted by Gasteiger charge is -2.26. The third-order valence-corrected chi connectivity index (χ3v) is 7.63. The molecule has 0 radical (unpaired) electrons. The lowest BCUT2D eigenvalue weighted by molar-refractivity contribution is -0.145. The minimum absolute atomic E-state index is 0.170. The van der Waals surface area contributed by atoms with Crippen molar-refractivity contribution in [1.29, 1.82) is 0 Å². The van der Waals surface area contributed by atoms with Crippen LogP contribution in [0.15, 0.2) is 94.2 Å². The van der Waals surface area contributed by atoms with E-state index in [2.05, 4.69) is 0 Å². The van der Waals surface area contributed by atoms with Gasteiger partial charge in [0.25, 0.3) is 5.56 Å². The summed E-state index contributed by atoms with van der Waals surface area (Å²) in [6, 6.07) is 22.9. The molecule has 0 bridgehead atoms. The normalized spacial score (nSPS) is 14.5. The van der Waals surface area contributed by atoms with E-state index >= 15 is 0 Å². The second kappa shape index (κ2) is 13.3. The highest BCUT2D eigenvalue weighted by Gasteiger charge is 2.35. The second-order valence-corrected chi connectivity index (χ2v) is 10.4. The highest BCUT2D eigenvalue weighted by Crippen LogP contribution is 2.35. The van der Waals surface area contributed by atoms with Crippen molar-refractivity contribution in [3.8, 4) is 11.5 Å². The SMILES string of the molecule is CCOC(=O)COc1ccc(/C=c2\sc3n(c2=O)[C@H](c2ccc(OC)cc2)C(C(=O)OCC)=C(c2ccccc2)N=3)cc1.